The van der Waals surface area contributed by atoms with Crippen LogP contribution in [0.4, 0.5) is 5.82 Å². The van der Waals surface area contributed by atoms with Gasteiger partial charge >= 0.3 is 0 Å². The lowest BCUT2D eigenvalue weighted by Crippen LogP contribution is -2.50. The largest absolute Gasteiger partial charge is 0.492 e. The number of nitrogens with zero attached hydrogens (tertiary/aromatic N) is 4. The molecule has 0 aliphatic carbocycles. The highest BCUT2D eigenvalue weighted by atomic mass is 35.5. The van der Waals surface area contributed by atoms with E-state index in [1.54, 1.807) is 12.1 Å². The Labute approximate surface area is 174 Å². The molecule has 7 nitrogen and oxygen atoms in total. The third kappa shape index (κ3) is 4.75. The smallest absolute Gasteiger partial charge is 0.237 e. The number of hydrogen-bond donors (Lipinski definition) is 1. The standard InChI is InChI=1S/C21H22ClN5O2/c22-16-2-4-17(5-3-16)29-10-9-26-7-8-27(20(28)13-26)12-15-1-6-18-19(11-15)24-14-25-21(18)23/h1-6,11,14H,7-10,12-13H2,(H2,23,24,25). The summed E-state index contributed by atoms with van der Waals surface area (Å²) in [6.07, 6.45) is 1.46. The second-order valence-electron chi connectivity index (χ2n) is 7.00. The number of piperazine rings is 1. The van der Waals surface area contributed by atoms with E-state index in [0.29, 0.717) is 43.6 Å². The molecule has 0 radical (unpaired) electrons. The van der Waals surface area contributed by atoms with Crippen molar-refractivity contribution in [3.63, 3.8) is 0 Å². The predicted octanol–water partition coefficient (Wildman–Crippen LogP) is 2.59. The van der Waals surface area contributed by atoms with E-state index < -0.39 is 0 Å². The summed E-state index contributed by atoms with van der Waals surface area (Å²) < 4.78 is 5.72. The summed E-state index contributed by atoms with van der Waals surface area (Å²) in [5.74, 6) is 1.36. The molecular weight excluding hydrogens is 390 g/mol. The zero-order valence-electron chi connectivity index (χ0n) is 15.9. The molecule has 150 valence electrons. The van der Waals surface area contributed by atoms with Crippen molar-refractivity contribution in [2.45, 2.75) is 6.54 Å². The maximum Gasteiger partial charge on any atom is 0.237 e. The van der Waals surface area contributed by atoms with Crippen molar-refractivity contribution in [2.24, 2.45) is 0 Å². The molecule has 0 atom stereocenters. The molecule has 8 heteroatoms. The van der Waals surface area contributed by atoms with Gasteiger partial charge in [0, 0.05) is 36.6 Å². The van der Waals surface area contributed by atoms with Crippen molar-refractivity contribution in [2.75, 3.05) is 38.5 Å². The number of anilines is 1. The molecule has 1 aliphatic heterocycles. The first-order chi connectivity index (χ1) is 14.1. The van der Waals surface area contributed by atoms with Crippen molar-refractivity contribution in [1.29, 1.82) is 0 Å². The van der Waals surface area contributed by atoms with Crippen LogP contribution in [-0.4, -0.2) is 58.5 Å². The van der Waals surface area contributed by atoms with Gasteiger partial charge in [-0.05, 0) is 42.0 Å². The quantitative estimate of drug-likeness (QED) is 0.671. The highest BCUT2D eigenvalue weighted by molar-refractivity contribution is 6.30. The molecule has 1 fully saturated rings. The highest BCUT2D eigenvalue weighted by Gasteiger charge is 2.23. The first kappa shape index (κ1) is 19.4. The number of rotatable bonds is 6. The second kappa shape index (κ2) is 8.63. The lowest BCUT2D eigenvalue weighted by atomic mass is 10.1. The Hall–Kier alpha value is -2.90. The average Bonchev–Trinajstić information content (AvgIpc) is 2.72. The van der Waals surface area contributed by atoms with E-state index in [2.05, 4.69) is 14.9 Å². The van der Waals surface area contributed by atoms with E-state index in [1.165, 1.54) is 6.33 Å². The molecule has 29 heavy (non-hydrogen) atoms. The number of hydrogen-bond acceptors (Lipinski definition) is 6. The van der Waals surface area contributed by atoms with E-state index in [4.69, 9.17) is 22.1 Å². The van der Waals surface area contributed by atoms with Crippen molar-refractivity contribution < 1.29 is 9.53 Å². The van der Waals surface area contributed by atoms with E-state index in [9.17, 15) is 4.79 Å². The summed E-state index contributed by atoms with van der Waals surface area (Å²) in [6, 6.07) is 13.1. The number of carbonyl (C=O) groups is 1. The zero-order valence-corrected chi connectivity index (χ0v) is 16.7. The van der Waals surface area contributed by atoms with Crippen LogP contribution in [0.25, 0.3) is 10.9 Å². The van der Waals surface area contributed by atoms with Crippen LogP contribution in [0, 0.1) is 0 Å². The van der Waals surface area contributed by atoms with Gasteiger partial charge in [0.2, 0.25) is 5.91 Å². The van der Waals surface area contributed by atoms with E-state index in [-0.39, 0.29) is 5.91 Å². The Morgan fingerprint density at radius 3 is 2.72 bits per heavy atom. The van der Waals surface area contributed by atoms with Crippen molar-refractivity contribution in [3.8, 4) is 5.75 Å². The third-order valence-corrected chi connectivity index (χ3v) is 5.24. The van der Waals surface area contributed by atoms with Crippen LogP contribution in [-0.2, 0) is 11.3 Å². The van der Waals surface area contributed by atoms with Crippen LogP contribution in [0.5, 0.6) is 5.75 Å². The minimum absolute atomic E-state index is 0.116. The molecule has 2 heterocycles. The predicted molar refractivity (Wildman–Crippen MR) is 113 cm³/mol. The molecule has 1 aromatic heterocycles. The van der Waals surface area contributed by atoms with E-state index >= 15 is 0 Å². The fourth-order valence-corrected chi connectivity index (χ4v) is 3.51. The Balaban J connectivity index is 1.29. The van der Waals surface area contributed by atoms with Gasteiger partial charge < -0.3 is 15.4 Å². The van der Waals surface area contributed by atoms with Gasteiger partial charge in [0.05, 0.1) is 12.1 Å². The molecule has 0 unspecified atom stereocenters. The lowest BCUT2D eigenvalue weighted by molar-refractivity contribution is -0.136. The highest BCUT2D eigenvalue weighted by Crippen LogP contribution is 2.20. The number of nitrogen functional groups attached to an aromatic ring is 1. The lowest BCUT2D eigenvalue weighted by Gasteiger charge is -2.34. The maximum absolute atomic E-state index is 12.6. The number of amides is 1. The summed E-state index contributed by atoms with van der Waals surface area (Å²) in [5.41, 5.74) is 7.70. The normalized spacial score (nSPS) is 15.1. The third-order valence-electron chi connectivity index (χ3n) is 4.99. The Morgan fingerprint density at radius 1 is 1.10 bits per heavy atom. The minimum Gasteiger partial charge on any atom is -0.492 e. The molecular formula is C21H22ClN5O2. The monoisotopic (exact) mass is 411 g/mol. The molecule has 1 saturated heterocycles. The average molecular weight is 412 g/mol. The minimum atomic E-state index is 0.116. The van der Waals surface area contributed by atoms with Crippen LogP contribution in [0.15, 0.2) is 48.8 Å². The number of halogens is 1. The summed E-state index contributed by atoms with van der Waals surface area (Å²) in [5, 5.41) is 1.51. The number of aromatic nitrogens is 2. The zero-order chi connectivity index (χ0) is 20.2. The SMILES string of the molecule is Nc1ncnc2cc(CN3CCN(CCOc4ccc(Cl)cc4)CC3=O)ccc12. The van der Waals surface area contributed by atoms with Gasteiger partial charge in [-0.1, -0.05) is 17.7 Å². The number of ether oxygens (including phenoxy) is 1. The van der Waals surface area contributed by atoms with Crippen molar-refractivity contribution >= 4 is 34.2 Å². The van der Waals surface area contributed by atoms with Crippen molar-refractivity contribution in [3.05, 3.63) is 59.4 Å². The molecule has 1 amide bonds. The summed E-state index contributed by atoms with van der Waals surface area (Å²) >= 11 is 5.87. The van der Waals surface area contributed by atoms with Gasteiger partial charge in [-0.25, -0.2) is 9.97 Å². The van der Waals surface area contributed by atoms with E-state index in [0.717, 1.165) is 28.8 Å². The van der Waals surface area contributed by atoms with Gasteiger partial charge in [0.15, 0.2) is 0 Å². The molecule has 0 bridgehead atoms. The summed E-state index contributed by atoms with van der Waals surface area (Å²) in [6.45, 7) is 3.69. The van der Waals surface area contributed by atoms with Crippen LogP contribution in [0.3, 0.4) is 0 Å². The Morgan fingerprint density at radius 2 is 1.93 bits per heavy atom. The van der Waals surface area contributed by atoms with Gasteiger partial charge in [-0.2, -0.15) is 0 Å². The first-order valence-corrected chi connectivity index (χ1v) is 9.84. The summed E-state index contributed by atoms with van der Waals surface area (Å²) in [4.78, 5) is 24.8. The Bertz CT molecular complexity index is 1010. The summed E-state index contributed by atoms with van der Waals surface area (Å²) in [7, 11) is 0. The fraction of sp³-hybridized carbons (Fsp3) is 0.286. The van der Waals surface area contributed by atoms with Gasteiger partial charge in [0.1, 0.15) is 24.5 Å². The second-order valence-corrected chi connectivity index (χ2v) is 7.44. The molecule has 1 aliphatic rings. The molecule has 2 aromatic carbocycles. The topological polar surface area (TPSA) is 84.6 Å². The molecule has 2 N–H and O–H groups in total. The molecule has 0 saturated carbocycles. The van der Waals surface area contributed by atoms with E-state index in [1.807, 2.05) is 35.2 Å². The van der Waals surface area contributed by atoms with Crippen LogP contribution in [0.1, 0.15) is 5.56 Å². The van der Waals surface area contributed by atoms with Gasteiger partial charge in [-0.15, -0.1) is 0 Å². The number of carbonyl (C=O) groups excluding carboxylic acids is 1. The van der Waals surface area contributed by atoms with Gasteiger partial charge in [-0.3, -0.25) is 9.69 Å². The van der Waals surface area contributed by atoms with Gasteiger partial charge in [0.25, 0.3) is 0 Å². The molecule has 4 rings (SSSR count). The molecule has 3 aromatic rings. The van der Waals surface area contributed by atoms with Crippen LogP contribution >= 0.6 is 11.6 Å². The fourth-order valence-electron chi connectivity index (χ4n) is 3.38. The number of benzene rings is 2. The first-order valence-electron chi connectivity index (χ1n) is 9.46. The van der Waals surface area contributed by atoms with Crippen molar-refractivity contribution in [1.82, 2.24) is 19.8 Å². The molecule has 0 spiro atoms. The Kier molecular flexibility index (Phi) is 5.78. The van der Waals surface area contributed by atoms with Crippen LogP contribution < -0.4 is 10.5 Å². The maximum atomic E-state index is 12.6. The number of fused-ring (bicyclic) bond motifs is 1. The van der Waals surface area contributed by atoms with Crippen LogP contribution in [0.2, 0.25) is 5.02 Å². The number of nitrogens with two attached hydrogens (primary N) is 1.